The second-order valence-electron chi connectivity index (χ2n) is 7.03. The highest BCUT2D eigenvalue weighted by Crippen LogP contribution is 2.32. The van der Waals surface area contributed by atoms with Crippen LogP contribution in [0.1, 0.15) is 5.56 Å². The Labute approximate surface area is 152 Å². The predicted molar refractivity (Wildman–Crippen MR) is 107 cm³/mol. The molecule has 0 radical (unpaired) electrons. The maximum Gasteiger partial charge on any atom is 0.240 e. The van der Waals surface area contributed by atoms with Crippen LogP contribution < -0.4 is 4.68 Å². The summed E-state index contributed by atoms with van der Waals surface area (Å²) in [7, 11) is 4.12. The summed E-state index contributed by atoms with van der Waals surface area (Å²) in [5.41, 5.74) is 5.92. The van der Waals surface area contributed by atoms with Crippen molar-refractivity contribution in [2.45, 2.75) is 6.92 Å². The molecular weight excluding hydrogens is 318 g/mol. The van der Waals surface area contributed by atoms with Gasteiger partial charge in [0.2, 0.25) is 5.69 Å². The van der Waals surface area contributed by atoms with Gasteiger partial charge in [-0.1, -0.05) is 35.0 Å². The number of aromatic nitrogens is 3. The molecule has 0 bridgehead atoms. The van der Waals surface area contributed by atoms with E-state index < -0.39 is 0 Å². The van der Waals surface area contributed by atoms with Gasteiger partial charge in [-0.05, 0) is 47.5 Å². The lowest BCUT2D eigenvalue weighted by Crippen LogP contribution is -2.35. The largest absolute Gasteiger partial charge is 0.351 e. The third kappa shape index (κ3) is 2.14. The van der Waals surface area contributed by atoms with Crippen LogP contribution in [0.15, 0.2) is 66.9 Å². The molecule has 0 fully saturated rings. The average molecular weight is 338 g/mol. The zero-order chi connectivity index (χ0) is 17.8. The maximum atomic E-state index is 4.87. The Bertz CT molecular complexity index is 1310. The smallest absolute Gasteiger partial charge is 0.240 e. The van der Waals surface area contributed by atoms with E-state index in [-0.39, 0.29) is 0 Å². The monoisotopic (exact) mass is 338 g/mol. The highest BCUT2D eigenvalue weighted by Gasteiger charge is 2.19. The molecule has 3 nitrogen and oxygen atoms in total. The van der Waals surface area contributed by atoms with E-state index in [4.69, 9.17) is 5.10 Å². The molecule has 2 aromatic heterocycles. The molecule has 0 amide bonds. The molecule has 0 atom stereocenters. The van der Waals surface area contributed by atoms with Gasteiger partial charge in [-0.15, -0.1) is 0 Å². The van der Waals surface area contributed by atoms with Crippen molar-refractivity contribution in [2.24, 2.45) is 14.1 Å². The number of hydrogen-bond acceptors (Lipinski definition) is 1. The van der Waals surface area contributed by atoms with Crippen LogP contribution in [0.2, 0.25) is 0 Å². The van der Waals surface area contributed by atoms with Crippen molar-refractivity contribution in [1.82, 2.24) is 9.67 Å². The Kier molecular flexibility index (Phi) is 3.13. The summed E-state index contributed by atoms with van der Waals surface area (Å²) in [6.07, 6.45) is 2.12. The van der Waals surface area contributed by atoms with Crippen molar-refractivity contribution in [1.29, 1.82) is 0 Å². The molecule has 0 saturated heterocycles. The normalized spacial score (nSPS) is 11.7. The van der Waals surface area contributed by atoms with E-state index in [1.54, 1.807) is 0 Å². The van der Waals surface area contributed by atoms with Gasteiger partial charge >= 0.3 is 0 Å². The van der Waals surface area contributed by atoms with Crippen LogP contribution in [0.3, 0.4) is 0 Å². The van der Waals surface area contributed by atoms with Gasteiger partial charge in [-0.2, -0.15) is 0 Å². The molecule has 3 heteroatoms. The van der Waals surface area contributed by atoms with E-state index >= 15 is 0 Å². The molecule has 5 rings (SSSR count). The fraction of sp³-hybridized carbons (Fsp3) is 0.130. The predicted octanol–water partition coefficient (Wildman–Crippen LogP) is 4.68. The second-order valence-corrected chi connectivity index (χ2v) is 7.03. The van der Waals surface area contributed by atoms with Crippen molar-refractivity contribution in [2.75, 3.05) is 0 Å². The van der Waals surface area contributed by atoms with Gasteiger partial charge in [0.1, 0.15) is 5.52 Å². The molecule has 2 heterocycles. The topological polar surface area (TPSA) is 21.7 Å². The lowest BCUT2D eigenvalue weighted by molar-refractivity contribution is -0.717. The van der Waals surface area contributed by atoms with Crippen molar-refractivity contribution in [3.05, 3.63) is 72.4 Å². The third-order valence-electron chi connectivity index (χ3n) is 5.33. The first-order valence-corrected chi connectivity index (χ1v) is 8.87. The number of hydrogen-bond donors (Lipinski definition) is 0. The Balaban J connectivity index is 1.86. The molecule has 5 aromatic rings. The first-order chi connectivity index (χ1) is 12.6. The minimum absolute atomic E-state index is 1.02. The van der Waals surface area contributed by atoms with Crippen LogP contribution in [0.25, 0.3) is 43.8 Å². The van der Waals surface area contributed by atoms with E-state index in [1.807, 2.05) is 11.7 Å². The van der Waals surface area contributed by atoms with Gasteiger partial charge < -0.3 is 4.57 Å². The molecule has 0 aliphatic rings. The van der Waals surface area contributed by atoms with Crippen molar-refractivity contribution < 1.29 is 4.68 Å². The lowest BCUT2D eigenvalue weighted by Gasteiger charge is -2.08. The van der Waals surface area contributed by atoms with Crippen molar-refractivity contribution in [3.63, 3.8) is 0 Å². The quantitative estimate of drug-likeness (QED) is 0.321. The van der Waals surface area contributed by atoms with Gasteiger partial charge in [0.15, 0.2) is 7.05 Å². The average Bonchev–Trinajstić information content (AvgIpc) is 3.01. The molecule has 0 aliphatic carbocycles. The zero-order valence-electron chi connectivity index (χ0n) is 15.2. The standard InChI is InChI=1S/C23H20N3/c1-15-8-9-21-19(10-11-25(21)2)23(15)22-14-18-12-16-6-4-5-7-17(16)13-20(18)24-26(22)3/h4-14H,1-3H3/q+1. The van der Waals surface area contributed by atoms with Crippen LogP contribution in [-0.2, 0) is 14.1 Å². The number of rotatable bonds is 1. The molecule has 0 aliphatic heterocycles. The fourth-order valence-electron chi connectivity index (χ4n) is 3.94. The van der Waals surface area contributed by atoms with E-state index in [2.05, 4.69) is 85.4 Å². The Hall–Kier alpha value is -3.20. The minimum Gasteiger partial charge on any atom is -0.351 e. The van der Waals surface area contributed by atoms with Crippen LogP contribution in [0.4, 0.5) is 0 Å². The highest BCUT2D eigenvalue weighted by molar-refractivity contribution is 5.99. The van der Waals surface area contributed by atoms with Crippen molar-refractivity contribution >= 4 is 32.6 Å². The number of nitrogens with zero attached hydrogens (tertiary/aromatic N) is 3. The molecule has 3 aromatic carbocycles. The van der Waals surface area contributed by atoms with Gasteiger partial charge in [-0.3, -0.25) is 0 Å². The maximum absolute atomic E-state index is 4.87. The summed E-state index contributed by atoms with van der Waals surface area (Å²) >= 11 is 0. The highest BCUT2D eigenvalue weighted by atomic mass is 15.2. The molecule has 0 spiro atoms. The Morgan fingerprint density at radius 1 is 0.885 bits per heavy atom. The van der Waals surface area contributed by atoms with Gasteiger partial charge in [-0.25, -0.2) is 0 Å². The van der Waals surface area contributed by atoms with Crippen molar-refractivity contribution in [3.8, 4) is 11.3 Å². The van der Waals surface area contributed by atoms with Gasteiger partial charge in [0.05, 0.1) is 5.56 Å². The molecule has 126 valence electrons. The summed E-state index contributed by atoms with van der Waals surface area (Å²) in [6, 6.07) is 21.7. The number of fused-ring (bicyclic) bond motifs is 3. The van der Waals surface area contributed by atoms with Crippen LogP contribution in [0.5, 0.6) is 0 Å². The molecule has 0 saturated carbocycles. The second kappa shape index (κ2) is 5.40. The summed E-state index contributed by atoms with van der Waals surface area (Å²) in [5.74, 6) is 0. The van der Waals surface area contributed by atoms with Gasteiger partial charge in [0, 0.05) is 40.7 Å². The van der Waals surface area contributed by atoms with Gasteiger partial charge in [0.25, 0.3) is 0 Å². The van der Waals surface area contributed by atoms with E-state index in [0.29, 0.717) is 0 Å². The lowest BCUT2D eigenvalue weighted by atomic mass is 9.99. The van der Waals surface area contributed by atoms with Crippen LogP contribution >= 0.6 is 0 Å². The first kappa shape index (κ1) is 15.1. The minimum atomic E-state index is 1.02. The number of benzene rings is 3. The van der Waals surface area contributed by atoms with Crippen LogP contribution in [-0.4, -0.2) is 9.67 Å². The summed E-state index contributed by atoms with van der Waals surface area (Å²) in [5, 5.41) is 9.78. The third-order valence-corrected chi connectivity index (χ3v) is 5.33. The zero-order valence-corrected chi connectivity index (χ0v) is 15.2. The van der Waals surface area contributed by atoms with E-state index in [0.717, 1.165) is 11.2 Å². The van der Waals surface area contributed by atoms with E-state index in [9.17, 15) is 0 Å². The SMILES string of the molecule is Cc1ccc2c(ccn2C)c1-c1cc2cc3ccccc3cc2n[n+]1C. The van der Waals surface area contributed by atoms with Crippen LogP contribution in [0, 0.1) is 6.92 Å². The van der Waals surface area contributed by atoms with E-state index in [1.165, 1.54) is 38.2 Å². The Morgan fingerprint density at radius 2 is 1.65 bits per heavy atom. The summed E-state index contributed by atoms with van der Waals surface area (Å²) < 4.78 is 4.17. The number of aryl methyl sites for hydroxylation is 3. The molecule has 0 N–H and O–H groups in total. The molecular formula is C23H20N3+. The molecule has 0 unspecified atom stereocenters. The Morgan fingerprint density at radius 3 is 2.46 bits per heavy atom. The summed E-state index contributed by atoms with van der Waals surface area (Å²) in [4.78, 5) is 0. The fourth-order valence-corrected chi connectivity index (χ4v) is 3.94. The first-order valence-electron chi connectivity index (χ1n) is 8.87. The molecule has 26 heavy (non-hydrogen) atoms. The summed E-state index contributed by atoms with van der Waals surface area (Å²) in [6.45, 7) is 2.17.